The van der Waals surface area contributed by atoms with Crippen molar-refractivity contribution in [3.63, 3.8) is 0 Å². The summed E-state index contributed by atoms with van der Waals surface area (Å²) in [5.74, 6) is 0. The Hall–Kier alpha value is -1.07. The van der Waals surface area contributed by atoms with Gasteiger partial charge in [-0.15, -0.1) is 0 Å². The number of hydrogen-bond donors (Lipinski definition) is 2. The average Bonchev–Trinajstić information content (AvgIpc) is 2.36. The lowest BCUT2D eigenvalue weighted by molar-refractivity contribution is 0.202. The first-order valence-corrected chi connectivity index (χ1v) is 5.98. The fourth-order valence-corrected chi connectivity index (χ4v) is 1.79. The summed E-state index contributed by atoms with van der Waals surface area (Å²) >= 11 is 5.96. The van der Waals surface area contributed by atoms with Crippen molar-refractivity contribution in [2.24, 2.45) is 7.05 Å². The molecule has 0 unspecified atom stereocenters. The molecule has 2 N–H and O–H groups in total. The van der Waals surface area contributed by atoms with Crippen molar-refractivity contribution in [1.82, 2.24) is 9.78 Å². The summed E-state index contributed by atoms with van der Waals surface area (Å²) < 4.78 is 1.17. The summed E-state index contributed by atoms with van der Waals surface area (Å²) in [4.78, 5) is 11.6. The number of aliphatic hydroxyl groups is 1. The van der Waals surface area contributed by atoms with Crippen LogP contribution in [0.25, 0.3) is 0 Å². The largest absolute Gasteiger partial charge is 0.394 e. The van der Waals surface area contributed by atoms with E-state index in [2.05, 4.69) is 10.4 Å². The monoisotopic (exact) mass is 259 g/mol. The zero-order valence-corrected chi connectivity index (χ0v) is 11.1. The first-order chi connectivity index (χ1) is 7.99. The van der Waals surface area contributed by atoms with Gasteiger partial charge in [-0.05, 0) is 12.8 Å². The Kier molecular flexibility index (Phi) is 4.54. The molecule has 0 aliphatic rings. The van der Waals surface area contributed by atoms with Crippen LogP contribution in [-0.4, -0.2) is 27.0 Å². The number of aliphatic hydroxyl groups excluding tert-OH is 1. The van der Waals surface area contributed by atoms with Crippen molar-refractivity contribution < 1.29 is 5.11 Å². The van der Waals surface area contributed by atoms with Crippen LogP contribution in [0, 0.1) is 0 Å². The second-order valence-electron chi connectivity index (χ2n) is 4.07. The number of hydrogen-bond acceptors (Lipinski definition) is 4. The van der Waals surface area contributed by atoms with E-state index in [0.29, 0.717) is 5.69 Å². The Bertz CT molecular complexity index is 433. The van der Waals surface area contributed by atoms with Crippen LogP contribution in [0.1, 0.15) is 26.7 Å². The smallest absolute Gasteiger partial charge is 0.287 e. The maximum absolute atomic E-state index is 11.6. The van der Waals surface area contributed by atoms with Crippen molar-refractivity contribution >= 4 is 17.3 Å². The van der Waals surface area contributed by atoms with Crippen LogP contribution in [0.5, 0.6) is 0 Å². The Morgan fingerprint density at radius 3 is 2.59 bits per heavy atom. The normalized spacial score (nSPS) is 11.6. The summed E-state index contributed by atoms with van der Waals surface area (Å²) in [6.45, 7) is 3.91. The van der Waals surface area contributed by atoms with E-state index in [-0.39, 0.29) is 17.2 Å². The van der Waals surface area contributed by atoms with Gasteiger partial charge in [0, 0.05) is 7.05 Å². The van der Waals surface area contributed by atoms with E-state index in [1.54, 1.807) is 0 Å². The van der Waals surface area contributed by atoms with Gasteiger partial charge in [0.05, 0.1) is 24.0 Å². The van der Waals surface area contributed by atoms with Gasteiger partial charge in [0.1, 0.15) is 5.02 Å². The molecule has 0 saturated heterocycles. The lowest BCUT2D eigenvalue weighted by Gasteiger charge is -2.32. The van der Waals surface area contributed by atoms with Crippen LogP contribution in [0.3, 0.4) is 0 Å². The van der Waals surface area contributed by atoms with Crippen molar-refractivity contribution in [2.75, 3.05) is 11.9 Å². The standard InChI is InChI=1S/C11H18ClN3O2/c1-4-11(5-2,7-16)14-8-6-13-15(3)10(17)9(8)12/h6,14,16H,4-5,7H2,1-3H3. The van der Waals surface area contributed by atoms with Gasteiger partial charge in [-0.25, -0.2) is 4.68 Å². The minimum absolute atomic E-state index is 0.0223. The molecule has 1 aromatic heterocycles. The SMILES string of the molecule is CCC(CC)(CO)Nc1cnn(C)c(=O)c1Cl. The molecule has 0 saturated carbocycles. The highest BCUT2D eigenvalue weighted by Crippen LogP contribution is 2.24. The Labute approximate surface area is 105 Å². The molecule has 0 spiro atoms. The Balaban J connectivity index is 3.11. The summed E-state index contributed by atoms with van der Waals surface area (Å²) in [6.07, 6.45) is 2.95. The van der Waals surface area contributed by atoms with Gasteiger partial charge in [-0.2, -0.15) is 5.10 Å². The van der Waals surface area contributed by atoms with Crippen molar-refractivity contribution in [3.8, 4) is 0 Å². The van der Waals surface area contributed by atoms with Gasteiger partial charge in [0.15, 0.2) is 0 Å². The lowest BCUT2D eigenvalue weighted by Crippen LogP contribution is -2.41. The zero-order valence-electron chi connectivity index (χ0n) is 10.3. The molecule has 0 aliphatic carbocycles. The molecule has 5 nitrogen and oxygen atoms in total. The summed E-state index contributed by atoms with van der Waals surface area (Å²) in [7, 11) is 1.54. The molecule has 0 bridgehead atoms. The van der Waals surface area contributed by atoms with Crippen LogP contribution < -0.4 is 10.9 Å². The highest BCUT2D eigenvalue weighted by molar-refractivity contribution is 6.32. The van der Waals surface area contributed by atoms with Crippen LogP contribution in [0.4, 0.5) is 5.69 Å². The van der Waals surface area contributed by atoms with Gasteiger partial charge < -0.3 is 10.4 Å². The number of nitrogens with zero attached hydrogens (tertiary/aromatic N) is 2. The maximum Gasteiger partial charge on any atom is 0.287 e. The highest BCUT2D eigenvalue weighted by Gasteiger charge is 2.26. The molecule has 1 rings (SSSR count). The average molecular weight is 260 g/mol. The third-order valence-electron chi connectivity index (χ3n) is 3.13. The molecule has 0 aliphatic heterocycles. The predicted octanol–water partition coefficient (Wildman–Crippen LogP) is 1.40. The second-order valence-corrected chi connectivity index (χ2v) is 4.45. The Morgan fingerprint density at radius 1 is 1.53 bits per heavy atom. The van der Waals surface area contributed by atoms with Crippen LogP contribution in [-0.2, 0) is 7.05 Å². The number of aromatic nitrogens is 2. The molecular weight excluding hydrogens is 242 g/mol. The van der Waals surface area contributed by atoms with Gasteiger partial charge in [-0.3, -0.25) is 4.79 Å². The number of anilines is 1. The molecule has 96 valence electrons. The quantitative estimate of drug-likeness (QED) is 0.839. The zero-order chi connectivity index (χ0) is 13.1. The maximum atomic E-state index is 11.6. The molecule has 6 heteroatoms. The van der Waals surface area contributed by atoms with E-state index in [1.807, 2.05) is 13.8 Å². The van der Waals surface area contributed by atoms with E-state index in [4.69, 9.17) is 11.6 Å². The van der Waals surface area contributed by atoms with Crippen LogP contribution in [0.2, 0.25) is 5.02 Å². The van der Waals surface area contributed by atoms with E-state index >= 15 is 0 Å². The molecular formula is C11H18ClN3O2. The number of nitrogens with one attached hydrogen (secondary N) is 1. The molecule has 17 heavy (non-hydrogen) atoms. The van der Waals surface area contributed by atoms with Crippen LogP contribution >= 0.6 is 11.6 Å². The van der Waals surface area contributed by atoms with Gasteiger partial charge >= 0.3 is 0 Å². The molecule has 0 amide bonds. The summed E-state index contributed by atoms with van der Waals surface area (Å²) in [5, 5.41) is 16.6. The van der Waals surface area contributed by atoms with Gasteiger partial charge in [0.2, 0.25) is 0 Å². The summed E-state index contributed by atoms with van der Waals surface area (Å²) in [6, 6.07) is 0. The molecule has 0 fully saturated rings. The number of rotatable bonds is 5. The third kappa shape index (κ3) is 2.79. The number of aryl methyl sites for hydroxylation is 1. The molecule has 0 atom stereocenters. The predicted molar refractivity (Wildman–Crippen MR) is 68.5 cm³/mol. The van der Waals surface area contributed by atoms with Crippen molar-refractivity contribution in [3.05, 3.63) is 21.6 Å². The lowest BCUT2D eigenvalue weighted by atomic mass is 9.93. The van der Waals surface area contributed by atoms with Crippen molar-refractivity contribution in [2.45, 2.75) is 32.2 Å². The topological polar surface area (TPSA) is 67.2 Å². The van der Waals surface area contributed by atoms with E-state index in [1.165, 1.54) is 17.9 Å². The third-order valence-corrected chi connectivity index (χ3v) is 3.50. The molecule has 0 radical (unpaired) electrons. The van der Waals surface area contributed by atoms with Crippen molar-refractivity contribution in [1.29, 1.82) is 0 Å². The van der Waals surface area contributed by atoms with Gasteiger partial charge in [0.25, 0.3) is 5.56 Å². The van der Waals surface area contributed by atoms with E-state index in [0.717, 1.165) is 12.8 Å². The van der Waals surface area contributed by atoms with E-state index in [9.17, 15) is 9.90 Å². The first kappa shape index (κ1) is 14.0. The fraction of sp³-hybridized carbons (Fsp3) is 0.636. The Morgan fingerprint density at radius 2 is 2.12 bits per heavy atom. The van der Waals surface area contributed by atoms with Gasteiger partial charge in [-0.1, -0.05) is 25.4 Å². The highest BCUT2D eigenvalue weighted by atomic mass is 35.5. The number of halogens is 1. The molecule has 1 heterocycles. The summed E-state index contributed by atoms with van der Waals surface area (Å²) in [5.41, 5.74) is -0.347. The second kappa shape index (κ2) is 5.51. The fourth-order valence-electron chi connectivity index (χ4n) is 1.57. The van der Waals surface area contributed by atoms with E-state index < -0.39 is 5.54 Å². The minimum Gasteiger partial charge on any atom is -0.394 e. The molecule has 1 aromatic rings. The molecule has 0 aromatic carbocycles. The first-order valence-electron chi connectivity index (χ1n) is 5.60. The van der Waals surface area contributed by atoms with Crippen LogP contribution in [0.15, 0.2) is 11.0 Å². The minimum atomic E-state index is -0.461.